The smallest absolute Gasteiger partial charge is 0.228 e. The molecule has 1 aliphatic rings. The molecule has 2 rings (SSSR count). The number of nitrogens with two attached hydrogens (primary N) is 1. The molecule has 0 amide bonds. The van der Waals surface area contributed by atoms with Crippen LogP contribution in [0.4, 0.5) is 10.1 Å². The number of anilines is 1. The van der Waals surface area contributed by atoms with E-state index in [1.807, 2.05) is 24.3 Å². The van der Waals surface area contributed by atoms with E-state index in [4.69, 9.17) is 10.5 Å². The van der Waals surface area contributed by atoms with Gasteiger partial charge in [0.1, 0.15) is 5.75 Å². The topological polar surface area (TPSA) is 41.7 Å². The standard InChI is InChI=1S/C14H22FN3O/c15-12-19-14-5-2-1-4-13(14)18-10-8-17(9-11-18)7-3-6-16/h1-2,4-5H,3,6-12,16H2. The zero-order valence-corrected chi connectivity index (χ0v) is 11.2. The molecule has 19 heavy (non-hydrogen) atoms. The highest BCUT2D eigenvalue weighted by molar-refractivity contribution is 5.58. The summed E-state index contributed by atoms with van der Waals surface area (Å²) in [5.74, 6) is 0.625. The molecule has 1 aromatic carbocycles. The number of piperazine rings is 1. The van der Waals surface area contributed by atoms with Crippen LogP contribution in [0.2, 0.25) is 0 Å². The van der Waals surface area contributed by atoms with Gasteiger partial charge in [0, 0.05) is 26.2 Å². The molecule has 0 bridgehead atoms. The van der Waals surface area contributed by atoms with Crippen LogP contribution in [0.5, 0.6) is 5.75 Å². The van der Waals surface area contributed by atoms with Crippen LogP contribution in [-0.2, 0) is 0 Å². The van der Waals surface area contributed by atoms with Crippen molar-refractivity contribution in [2.24, 2.45) is 5.73 Å². The molecular weight excluding hydrogens is 245 g/mol. The third kappa shape index (κ3) is 3.81. The van der Waals surface area contributed by atoms with Gasteiger partial charge in [-0.1, -0.05) is 12.1 Å². The first-order chi connectivity index (χ1) is 9.35. The minimum absolute atomic E-state index is 0.625. The highest BCUT2D eigenvalue weighted by Gasteiger charge is 2.19. The van der Waals surface area contributed by atoms with Crippen LogP contribution in [0.1, 0.15) is 6.42 Å². The van der Waals surface area contributed by atoms with Crippen molar-refractivity contribution in [1.29, 1.82) is 0 Å². The molecule has 1 fully saturated rings. The molecule has 0 aromatic heterocycles. The second-order valence-electron chi connectivity index (χ2n) is 4.69. The summed E-state index contributed by atoms with van der Waals surface area (Å²) in [6, 6.07) is 7.63. The van der Waals surface area contributed by atoms with Crippen molar-refractivity contribution in [1.82, 2.24) is 4.90 Å². The molecule has 106 valence electrons. The second-order valence-corrected chi connectivity index (χ2v) is 4.69. The van der Waals surface area contributed by atoms with Crippen LogP contribution >= 0.6 is 0 Å². The maximum Gasteiger partial charge on any atom is 0.228 e. The molecule has 2 N–H and O–H groups in total. The fourth-order valence-corrected chi connectivity index (χ4v) is 2.43. The number of halogens is 1. The van der Waals surface area contributed by atoms with Crippen LogP contribution in [0, 0.1) is 0 Å². The van der Waals surface area contributed by atoms with Crippen molar-refractivity contribution < 1.29 is 9.13 Å². The lowest BCUT2D eigenvalue weighted by Crippen LogP contribution is -2.47. The first-order valence-corrected chi connectivity index (χ1v) is 6.80. The summed E-state index contributed by atoms with van der Waals surface area (Å²) >= 11 is 0. The molecule has 0 saturated carbocycles. The van der Waals surface area contributed by atoms with Gasteiger partial charge in [-0.3, -0.25) is 4.90 Å². The van der Waals surface area contributed by atoms with E-state index < -0.39 is 6.86 Å². The summed E-state index contributed by atoms with van der Waals surface area (Å²) in [6.45, 7) is 4.94. The highest BCUT2D eigenvalue weighted by atomic mass is 19.1. The van der Waals surface area contributed by atoms with Crippen LogP contribution in [-0.4, -0.2) is 51.0 Å². The molecule has 1 aromatic rings. The van der Waals surface area contributed by atoms with Crippen molar-refractivity contribution in [3.63, 3.8) is 0 Å². The fourth-order valence-electron chi connectivity index (χ4n) is 2.43. The van der Waals surface area contributed by atoms with Crippen molar-refractivity contribution in [2.75, 3.05) is 51.0 Å². The van der Waals surface area contributed by atoms with E-state index in [2.05, 4.69) is 9.80 Å². The van der Waals surface area contributed by atoms with E-state index in [9.17, 15) is 4.39 Å². The average molecular weight is 267 g/mol. The van der Waals surface area contributed by atoms with Gasteiger partial charge in [0.15, 0.2) is 0 Å². The van der Waals surface area contributed by atoms with E-state index in [-0.39, 0.29) is 0 Å². The van der Waals surface area contributed by atoms with E-state index in [0.717, 1.165) is 51.4 Å². The van der Waals surface area contributed by atoms with Gasteiger partial charge in [0.25, 0.3) is 0 Å². The van der Waals surface area contributed by atoms with E-state index in [1.54, 1.807) is 0 Å². The summed E-state index contributed by atoms with van der Waals surface area (Å²) in [5, 5.41) is 0. The van der Waals surface area contributed by atoms with Crippen molar-refractivity contribution in [3.05, 3.63) is 24.3 Å². The first kappa shape index (κ1) is 14.1. The lowest BCUT2D eigenvalue weighted by molar-refractivity contribution is 0.191. The van der Waals surface area contributed by atoms with Crippen molar-refractivity contribution in [2.45, 2.75) is 6.42 Å². The van der Waals surface area contributed by atoms with Crippen LogP contribution in [0.3, 0.4) is 0 Å². The Labute approximate surface area is 113 Å². The Morgan fingerprint density at radius 2 is 1.89 bits per heavy atom. The van der Waals surface area contributed by atoms with Gasteiger partial charge in [-0.05, 0) is 31.6 Å². The molecule has 1 aliphatic heterocycles. The van der Waals surface area contributed by atoms with E-state index in [0.29, 0.717) is 5.75 Å². The van der Waals surface area contributed by atoms with Gasteiger partial charge < -0.3 is 15.4 Å². The SMILES string of the molecule is NCCCN1CCN(c2ccccc2OCF)CC1. The first-order valence-electron chi connectivity index (χ1n) is 6.80. The Hall–Kier alpha value is -1.33. The quantitative estimate of drug-likeness (QED) is 0.847. The Morgan fingerprint density at radius 1 is 1.16 bits per heavy atom. The predicted molar refractivity (Wildman–Crippen MR) is 75.4 cm³/mol. The van der Waals surface area contributed by atoms with E-state index in [1.165, 1.54) is 0 Å². The zero-order valence-electron chi connectivity index (χ0n) is 11.2. The van der Waals surface area contributed by atoms with Gasteiger partial charge in [-0.15, -0.1) is 0 Å². The van der Waals surface area contributed by atoms with Crippen molar-refractivity contribution >= 4 is 5.69 Å². The van der Waals surface area contributed by atoms with Gasteiger partial charge in [0.2, 0.25) is 6.86 Å². The maximum atomic E-state index is 12.4. The van der Waals surface area contributed by atoms with Gasteiger partial charge in [-0.25, -0.2) is 4.39 Å². The van der Waals surface area contributed by atoms with Gasteiger partial charge in [-0.2, -0.15) is 0 Å². The Morgan fingerprint density at radius 3 is 2.58 bits per heavy atom. The molecule has 0 spiro atoms. The molecule has 0 atom stereocenters. The molecule has 1 heterocycles. The van der Waals surface area contributed by atoms with Gasteiger partial charge >= 0.3 is 0 Å². The van der Waals surface area contributed by atoms with Crippen LogP contribution in [0.15, 0.2) is 24.3 Å². The monoisotopic (exact) mass is 267 g/mol. The zero-order chi connectivity index (χ0) is 13.5. The highest BCUT2D eigenvalue weighted by Crippen LogP contribution is 2.28. The third-order valence-corrected chi connectivity index (χ3v) is 3.47. The molecule has 1 saturated heterocycles. The molecular formula is C14H22FN3O. The second kappa shape index (κ2) is 7.31. The minimum atomic E-state index is -0.784. The lowest BCUT2D eigenvalue weighted by atomic mass is 10.2. The van der Waals surface area contributed by atoms with Crippen LogP contribution in [0.25, 0.3) is 0 Å². The number of rotatable bonds is 6. The Balaban J connectivity index is 1.93. The number of hydrogen-bond acceptors (Lipinski definition) is 4. The normalized spacial score (nSPS) is 16.6. The fraction of sp³-hybridized carbons (Fsp3) is 0.571. The number of ether oxygens (including phenoxy) is 1. The summed E-state index contributed by atoms with van der Waals surface area (Å²) in [6.07, 6.45) is 1.04. The maximum absolute atomic E-state index is 12.4. The lowest BCUT2D eigenvalue weighted by Gasteiger charge is -2.36. The number of alkyl halides is 1. The van der Waals surface area contributed by atoms with Crippen molar-refractivity contribution in [3.8, 4) is 5.75 Å². The third-order valence-electron chi connectivity index (χ3n) is 3.47. The predicted octanol–water partition coefficient (Wildman–Crippen LogP) is 1.46. The van der Waals surface area contributed by atoms with Crippen LogP contribution < -0.4 is 15.4 Å². The molecule has 0 aliphatic carbocycles. The van der Waals surface area contributed by atoms with Gasteiger partial charge in [0.05, 0.1) is 5.69 Å². The molecule has 4 nitrogen and oxygen atoms in total. The average Bonchev–Trinajstić information content (AvgIpc) is 2.47. The Bertz CT molecular complexity index is 381. The number of para-hydroxylation sites is 2. The number of nitrogens with zero attached hydrogens (tertiary/aromatic N) is 2. The minimum Gasteiger partial charge on any atom is -0.461 e. The number of benzene rings is 1. The molecule has 0 radical (unpaired) electrons. The molecule has 5 heteroatoms. The summed E-state index contributed by atoms with van der Waals surface area (Å²) in [4.78, 5) is 4.67. The largest absolute Gasteiger partial charge is 0.461 e. The summed E-state index contributed by atoms with van der Waals surface area (Å²) < 4.78 is 17.4. The molecule has 0 unspecified atom stereocenters. The van der Waals surface area contributed by atoms with E-state index >= 15 is 0 Å². The summed E-state index contributed by atoms with van der Waals surface area (Å²) in [5.41, 5.74) is 6.51. The number of hydrogen-bond donors (Lipinski definition) is 1. The summed E-state index contributed by atoms with van der Waals surface area (Å²) in [7, 11) is 0. The Kier molecular flexibility index (Phi) is 5.42.